The minimum Gasteiger partial charge on any atom is -0.496 e. The van der Waals surface area contributed by atoms with Gasteiger partial charge in [-0.3, -0.25) is 0 Å². The number of nitrogens with two attached hydrogens (primary N) is 1. The first kappa shape index (κ1) is 16.0. The molecule has 3 heteroatoms. The molecule has 0 radical (unpaired) electrons. The number of rotatable bonds is 6. The molecule has 0 spiro atoms. The lowest BCUT2D eigenvalue weighted by atomic mass is 9.84. The summed E-state index contributed by atoms with van der Waals surface area (Å²) in [7, 11) is 1.71. The Morgan fingerprint density at radius 3 is 2.47 bits per heavy atom. The first-order valence-electron chi connectivity index (χ1n) is 6.90. The third kappa shape index (κ3) is 4.51. The smallest absolute Gasteiger partial charge is 0.122 e. The SMILES string of the molecule is COc1ccc(CCC(CN)CO)cc1C(C)(C)C. The van der Waals surface area contributed by atoms with Crippen molar-refractivity contribution in [3.05, 3.63) is 29.3 Å². The molecule has 19 heavy (non-hydrogen) atoms. The van der Waals surface area contributed by atoms with E-state index in [1.54, 1.807) is 7.11 Å². The number of aryl methyl sites for hydroxylation is 1. The molecule has 0 fully saturated rings. The molecule has 3 N–H and O–H groups in total. The Labute approximate surface area is 116 Å². The maximum absolute atomic E-state index is 9.17. The summed E-state index contributed by atoms with van der Waals surface area (Å²) >= 11 is 0. The van der Waals surface area contributed by atoms with Crippen molar-refractivity contribution in [2.45, 2.75) is 39.0 Å². The van der Waals surface area contributed by atoms with Gasteiger partial charge in [-0.1, -0.05) is 32.9 Å². The number of aliphatic hydroxyl groups excluding tert-OH is 1. The maximum atomic E-state index is 9.17. The van der Waals surface area contributed by atoms with Crippen molar-refractivity contribution in [1.29, 1.82) is 0 Å². The third-order valence-corrected chi connectivity index (χ3v) is 3.50. The zero-order valence-electron chi connectivity index (χ0n) is 12.6. The second-order valence-corrected chi connectivity index (χ2v) is 6.11. The van der Waals surface area contributed by atoms with Crippen LogP contribution in [0.2, 0.25) is 0 Å². The molecule has 1 atom stereocenters. The summed E-state index contributed by atoms with van der Waals surface area (Å²) in [5.74, 6) is 1.13. The predicted octanol–water partition coefficient (Wildman–Crippen LogP) is 2.49. The van der Waals surface area contributed by atoms with Crippen molar-refractivity contribution in [3.63, 3.8) is 0 Å². The van der Waals surface area contributed by atoms with E-state index in [-0.39, 0.29) is 17.9 Å². The van der Waals surface area contributed by atoms with Gasteiger partial charge in [-0.25, -0.2) is 0 Å². The fourth-order valence-corrected chi connectivity index (χ4v) is 2.15. The molecule has 0 aliphatic carbocycles. The third-order valence-electron chi connectivity index (χ3n) is 3.50. The average Bonchev–Trinajstić information content (AvgIpc) is 2.38. The number of hydrogen-bond donors (Lipinski definition) is 2. The highest BCUT2D eigenvalue weighted by Gasteiger charge is 2.19. The molecule has 0 amide bonds. The number of ether oxygens (including phenoxy) is 1. The van der Waals surface area contributed by atoms with E-state index >= 15 is 0 Å². The molecule has 0 saturated carbocycles. The molecule has 0 saturated heterocycles. The summed E-state index contributed by atoms with van der Waals surface area (Å²) in [6.07, 6.45) is 1.86. The number of aliphatic hydroxyl groups is 1. The summed E-state index contributed by atoms with van der Waals surface area (Å²) in [5.41, 5.74) is 8.17. The van der Waals surface area contributed by atoms with Crippen molar-refractivity contribution in [1.82, 2.24) is 0 Å². The van der Waals surface area contributed by atoms with Gasteiger partial charge in [0.15, 0.2) is 0 Å². The number of benzene rings is 1. The van der Waals surface area contributed by atoms with Crippen LogP contribution in [0, 0.1) is 5.92 Å². The maximum Gasteiger partial charge on any atom is 0.122 e. The van der Waals surface area contributed by atoms with Crippen molar-refractivity contribution in [2.75, 3.05) is 20.3 Å². The summed E-state index contributed by atoms with van der Waals surface area (Å²) in [4.78, 5) is 0. The summed E-state index contributed by atoms with van der Waals surface area (Å²) in [5, 5.41) is 9.17. The van der Waals surface area contributed by atoms with E-state index < -0.39 is 0 Å². The van der Waals surface area contributed by atoms with E-state index in [4.69, 9.17) is 10.5 Å². The van der Waals surface area contributed by atoms with Gasteiger partial charge in [-0.2, -0.15) is 0 Å². The van der Waals surface area contributed by atoms with Crippen LogP contribution in [0.4, 0.5) is 0 Å². The standard InChI is InChI=1S/C16H27NO2/c1-16(2,3)14-9-12(7-8-15(14)19-4)5-6-13(10-17)11-18/h7-9,13,18H,5-6,10-11,17H2,1-4H3. The Morgan fingerprint density at radius 2 is 2.00 bits per heavy atom. The molecular weight excluding hydrogens is 238 g/mol. The molecule has 1 rings (SSSR count). The van der Waals surface area contributed by atoms with E-state index in [1.807, 2.05) is 6.07 Å². The Morgan fingerprint density at radius 1 is 1.32 bits per heavy atom. The summed E-state index contributed by atoms with van der Waals surface area (Å²) in [6, 6.07) is 6.34. The molecule has 3 nitrogen and oxygen atoms in total. The molecule has 0 heterocycles. The van der Waals surface area contributed by atoms with Gasteiger partial charge in [0.05, 0.1) is 7.11 Å². The zero-order valence-corrected chi connectivity index (χ0v) is 12.6. The quantitative estimate of drug-likeness (QED) is 0.831. The van der Waals surface area contributed by atoms with Crippen molar-refractivity contribution in [3.8, 4) is 5.75 Å². The Hall–Kier alpha value is -1.06. The number of methoxy groups -OCH3 is 1. The molecule has 0 bridgehead atoms. The van der Waals surface area contributed by atoms with Crippen molar-refractivity contribution >= 4 is 0 Å². The van der Waals surface area contributed by atoms with Gasteiger partial charge in [0.25, 0.3) is 0 Å². The van der Waals surface area contributed by atoms with Crippen LogP contribution in [0.5, 0.6) is 5.75 Å². The molecule has 0 aliphatic rings. The van der Waals surface area contributed by atoms with Gasteiger partial charge >= 0.3 is 0 Å². The van der Waals surface area contributed by atoms with Crippen LogP contribution in [0.1, 0.15) is 38.3 Å². The van der Waals surface area contributed by atoms with Crippen molar-refractivity contribution in [2.24, 2.45) is 11.7 Å². The molecule has 1 aromatic carbocycles. The highest BCUT2D eigenvalue weighted by Crippen LogP contribution is 2.32. The fraction of sp³-hybridized carbons (Fsp3) is 0.625. The topological polar surface area (TPSA) is 55.5 Å². The van der Waals surface area contributed by atoms with Crippen LogP contribution in [0.3, 0.4) is 0 Å². The van der Waals surface area contributed by atoms with E-state index in [1.165, 1.54) is 11.1 Å². The Balaban J connectivity index is 2.87. The van der Waals surface area contributed by atoms with Gasteiger partial charge < -0.3 is 15.6 Å². The largest absolute Gasteiger partial charge is 0.496 e. The Kier molecular flexibility index (Phi) is 5.83. The monoisotopic (exact) mass is 265 g/mol. The van der Waals surface area contributed by atoms with Gasteiger partial charge in [-0.05, 0) is 47.9 Å². The lowest BCUT2D eigenvalue weighted by Gasteiger charge is -2.23. The normalized spacial score (nSPS) is 13.4. The molecule has 108 valence electrons. The van der Waals surface area contributed by atoms with Crippen LogP contribution in [-0.2, 0) is 11.8 Å². The van der Waals surface area contributed by atoms with E-state index in [0.29, 0.717) is 6.54 Å². The Bertz CT molecular complexity index is 392. The van der Waals surface area contributed by atoms with Crippen LogP contribution >= 0.6 is 0 Å². The van der Waals surface area contributed by atoms with Crippen LogP contribution in [-0.4, -0.2) is 25.4 Å². The number of hydrogen-bond acceptors (Lipinski definition) is 3. The van der Waals surface area contributed by atoms with Gasteiger partial charge in [-0.15, -0.1) is 0 Å². The molecular formula is C16H27NO2. The zero-order chi connectivity index (χ0) is 14.5. The predicted molar refractivity (Wildman–Crippen MR) is 79.6 cm³/mol. The second kappa shape index (κ2) is 6.92. The van der Waals surface area contributed by atoms with E-state index in [2.05, 4.69) is 32.9 Å². The highest BCUT2D eigenvalue weighted by molar-refractivity contribution is 5.41. The van der Waals surface area contributed by atoms with Gasteiger partial charge in [0.2, 0.25) is 0 Å². The second-order valence-electron chi connectivity index (χ2n) is 6.11. The minimum atomic E-state index is 0.0611. The van der Waals surface area contributed by atoms with E-state index in [9.17, 15) is 5.11 Å². The average molecular weight is 265 g/mol. The molecule has 1 aromatic rings. The molecule has 1 unspecified atom stereocenters. The van der Waals surface area contributed by atoms with Crippen LogP contribution in [0.25, 0.3) is 0 Å². The van der Waals surface area contributed by atoms with E-state index in [0.717, 1.165) is 18.6 Å². The van der Waals surface area contributed by atoms with Gasteiger partial charge in [0.1, 0.15) is 5.75 Å². The molecule has 0 aliphatic heterocycles. The molecule has 0 aromatic heterocycles. The lowest BCUT2D eigenvalue weighted by molar-refractivity contribution is 0.223. The first-order valence-corrected chi connectivity index (χ1v) is 6.90. The van der Waals surface area contributed by atoms with Crippen LogP contribution < -0.4 is 10.5 Å². The van der Waals surface area contributed by atoms with Crippen LogP contribution in [0.15, 0.2) is 18.2 Å². The highest BCUT2D eigenvalue weighted by atomic mass is 16.5. The van der Waals surface area contributed by atoms with Crippen molar-refractivity contribution < 1.29 is 9.84 Å². The summed E-state index contributed by atoms with van der Waals surface area (Å²) < 4.78 is 5.43. The van der Waals surface area contributed by atoms with Gasteiger partial charge in [0, 0.05) is 6.61 Å². The minimum absolute atomic E-state index is 0.0611. The lowest BCUT2D eigenvalue weighted by Crippen LogP contribution is -2.19. The first-order chi connectivity index (χ1) is 8.92. The fourth-order valence-electron chi connectivity index (χ4n) is 2.15. The summed E-state index contributed by atoms with van der Waals surface area (Å²) in [6.45, 7) is 7.26.